The highest BCUT2D eigenvalue weighted by atomic mass is 19.1. The fourth-order valence-corrected chi connectivity index (χ4v) is 1.64. The molecule has 14 heavy (non-hydrogen) atoms. The SMILES string of the molecule is Cn1ccc2ccc(F)c(B(O)O)c21. The zero-order valence-corrected chi connectivity index (χ0v) is 7.61. The van der Waals surface area contributed by atoms with E-state index in [0.717, 1.165) is 5.39 Å². The minimum absolute atomic E-state index is 0.0741. The molecule has 0 spiro atoms. The van der Waals surface area contributed by atoms with Crippen molar-refractivity contribution in [1.82, 2.24) is 4.57 Å². The Morgan fingerprint density at radius 3 is 2.64 bits per heavy atom. The van der Waals surface area contributed by atoms with Gasteiger partial charge in [-0.1, -0.05) is 0 Å². The van der Waals surface area contributed by atoms with Crippen LogP contribution in [0.3, 0.4) is 0 Å². The van der Waals surface area contributed by atoms with Gasteiger partial charge in [-0.15, -0.1) is 0 Å². The van der Waals surface area contributed by atoms with Gasteiger partial charge in [0.05, 0.1) is 5.52 Å². The first-order chi connectivity index (χ1) is 6.61. The number of fused-ring (bicyclic) bond motifs is 1. The molecule has 0 radical (unpaired) electrons. The molecule has 1 aromatic heterocycles. The molecular weight excluding hydrogens is 184 g/mol. The van der Waals surface area contributed by atoms with Crippen LogP contribution in [0.15, 0.2) is 24.4 Å². The second-order valence-corrected chi connectivity index (χ2v) is 3.20. The highest BCUT2D eigenvalue weighted by Crippen LogP contribution is 2.14. The van der Waals surface area contributed by atoms with E-state index in [0.29, 0.717) is 5.52 Å². The molecule has 1 aromatic carbocycles. The van der Waals surface area contributed by atoms with Crippen LogP contribution in [-0.4, -0.2) is 21.7 Å². The molecule has 1 heterocycles. The van der Waals surface area contributed by atoms with Gasteiger partial charge >= 0.3 is 7.12 Å². The summed E-state index contributed by atoms with van der Waals surface area (Å²) in [5.74, 6) is -0.602. The quantitative estimate of drug-likeness (QED) is 0.626. The van der Waals surface area contributed by atoms with Gasteiger partial charge < -0.3 is 14.6 Å². The van der Waals surface area contributed by atoms with Crippen molar-refractivity contribution in [3.05, 3.63) is 30.2 Å². The summed E-state index contributed by atoms with van der Waals surface area (Å²) in [6.07, 6.45) is 1.75. The second kappa shape index (κ2) is 3.11. The molecule has 0 amide bonds. The average molecular weight is 193 g/mol. The summed E-state index contributed by atoms with van der Waals surface area (Å²) in [6, 6.07) is 4.63. The summed E-state index contributed by atoms with van der Waals surface area (Å²) in [7, 11) is -0.0551. The fraction of sp³-hybridized carbons (Fsp3) is 0.111. The largest absolute Gasteiger partial charge is 0.493 e. The number of hydrogen-bond donors (Lipinski definition) is 2. The summed E-state index contributed by atoms with van der Waals surface area (Å²) in [6.45, 7) is 0. The molecule has 2 N–H and O–H groups in total. The maximum absolute atomic E-state index is 13.3. The van der Waals surface area contributed by atoms with E-state index in [1.807, 2.05) is 0 Å². The predicted molar refractivity (Wildman–Crippen MR) is 52.7 cm³/mol. The molecule has 0 aliphatic carbocycles. The van der Waals surface area contributed by atoms with Crippen LogP contribution in [0, 0.1) is 5.82 Å². The maximum atomic E-state index is 13.3. The van der Waals surface area contributed by atoms with Crippen LogP contribution in [0.2, 0.25) is 0 Å². The van der Waals surface area contributed by atoms with Crippen molar-refractivity contribution < 1.29 is 14.4 Å². The van der Waals surface area contributed by atoms with Crippen LogP contribution >= 0.6 is 0 Å². The Bertz CT molecular complexity index is 481. The Morgan fingerprint density at radius 2 is 2.00 bits per heavy atom. The minimum Gasteiger partial charge on any atom is -0.423 e. The third kappa shape index (κ3) is 1.22. The summed E-state index contributed by atoms with van der Waals surface area (Å²) in [4.78, 5) is 0. The summed E-state index contributed by atoms with van der Waals surface area (Å²) >= 11 is 0. The highest BCUT2D eigenvalue weighted by molar-refractivity contribution is 6.61. The minimum atomic E-state index is -1.78. The first kappa shape index (κ1) is 9.24. The van der Waals surface area contributed by atoms with Gasteiger partial charge in [0, 0.05) is 18.7 Å². The van der Waals surface area contributed by atoms with Gasteiger partial charge in [-0.05, 0) is 23.6 Å². The number of halogens is 1. The lowest BCUT2D eigenvalue weighted by Crippen LogP contribution is -2.34. The lowest BCUT2D eigenvalue weighted by atomic mass is 9.78. The Hall–Kier alpha value is -1.33. The van der Waals surface area contributed by atoms with E-state index in [9.17, 15) is 4.39 Å². The smallest absolute Gasteiger partial charge is 0.423 e. The molecular formula is C9H9BFNO2. The molecule has 0 saturated heterocycles. The van der Waals surface area contributed by atoms with Gasteiger partial charge in [-0.25, -0.2) is 4.39 Å². The lowest BCUT2D eigenvalue weighted by molar-refractivity contribution is 0.423. The van der Waals surface area contributed by atoms with E-state index in [2.05, 4.69) is 0 Å². The normalized spacial score (nSPS) is 10.9. The highest BCUT2D eigenvalue weighted by Gasteiger charge is 2.21. The Balaban J connectivity index is 2.87. The Kier molecular flexibility index (Phi) is 2.05. The third-order valence-electron chi connectivity index (χ3n) is 2.28. The second-order valence-electron chi connectivity index (χ2n) is 3.20. The zero-order valence-electron chi connectivity index (χ0n) is 7.61. The van der Waals surface area contributed by atoms with Crippen molar-refractivity contribution in [2.45, 2.75) is 0 Å². The van der Waals surface area contributed by atoms with Crippen molar-refractivity contribution in [1.29, 1.82) is 0 Å². The van der Waals surface area contributed by atoms with Crippen LogP contribution in [0.4, 0.5) is 4.39 Å². The molecule has 0 saturated carbocycles. The number of aromatic nitrogens is 1. The molecule has 2 rings (SSSR count). The van der Waals surface area contributed by atoms with Crippen molar-refractivity contribution in [3.63, 3.8) is 0 Å². The monoisotopic (exact) mass is 193 g/mol. The van der Waals surface area contributed by atoms with Crippen molar-refractivity contribution >= 4 is 23.5 Å². The van der Waals surface area contributed by atoms with E-state index >= 15 is 0 Å². The lowest BCUT2D eigenvalue weighted by Gasteiger charge is -2.06. The fourth-order valence-electron chi connectivity index (χ4n) is 1.64. The van der Waals surface area contributed by atoms with Crippen LogP contribution in [-0.2, 0) is 7.05 Å². The molecule has 0 aliphatic heterocycles. The average Bonchev–Trinajstić information content (AvgIpc) is 2.47. The summed E-state index contributed by atoms with van der Waals surface area (Å²) in [5, 5.41) is 18.9. The molecule has 0 fully saturated rings. The van der Waals surface area contributed by atoms with E-state index < -0.39 is 12.9 Å². The topological polar surface area (TPSA) is 45.4 Å². The van der Waals surface area contributed by atoms with Crippen LogP contribution in [0.25, 0.3) is 10.9 Å². The standard InChI is InChI=1S/C9H9BFNO2/c1-12-5-4-6-2-3-7(11)8(9(6)12)10(13)14/h2-5,13-14H,1H3. The summed E-state index contributed by atoms with van der Waals surface area (Å²) in [5.41, 5.74) is 0.440. The van der Waals surface area contributed by atoms with Crippen LogP contribution in [0.5, 0.6) is 0 Å². The molecule has 0 aliphatic rings. The van der Waals surface area contributed by atoms with Crippen LogP contribution in [0.1, 0.15) is 0 Å². The molecule has 0 atom stereocenters. The van der Waals surface area contributed by atoms with E-state index in [1.54, 1.807) is 29.9 Å². The number of rotatable bonds is 1. The number of aryl methyl sites for hydroxylation is 1. The van der Waals surface area contributed by atoms with Gasteiger partial charge in [-0.3, -0.25) is 0 Å². The first-order valence-corrected chi connectivity index (χ1v) is 4.21. The van der Waals surface area contributed by atoms with Gasteiger partial charge in [0.1, 0.15) is 5.82 Å². The predicted octanol–water partition coefficient (Wildman–Crippen LogP) is -0.00280. The molecule has 5 heteroatoms. The third-order valence-corrected chi connectivity index (χ3v) is 2.28. The van der Waals surface area contributed by atoms with Crippen molar-refractivity contribution in [3.8, 4) is 0 Å². The molecule has 72 valence electrons. The number of benzene rings is 1. The van der Waals surface area contributed by atoms with Crippen molar-refractivity contribution in [2.24, 2.45) is 7.05 Å². The molecule has 3 nitrogen and oxygen atoms in total. The number of hydrogen-bond acceptors (Lipinski definition) is 2. The number of nitrogens with zero attached hydrogens (tertiary/aromatic N) is 1. The maximum Gasteiger partial charge on any atom is 0.493 e. The molecule has 2 aromatic rings. The zero-order chi connectivity index (χ0) is 10.3. The van der Waals surface area contributed by atoms with Gasteiger partial charge in [0.25, 0.3) is 0 Å². The van der Waals surface area contributed by atoms with E-state index in [-0.39, 0.29) is 5.46 Å². The molecule has 0 unspecified atom stereocenters. The summed E-state index contributed by atoms with van der Waals surface area (Å²) < 4.78 is 15.0. The van der Waals surface area contributed by atoms with E-state index in [1.165, 1.54) is 6.07 Å². The van der Waals surface area contributed by atoms with E-state index in [4.69, 9.17) is 10.0 Å². The van der Waals surface area contributed by atoms with Gasteiger partial charge in [0.2, 0.25) is 0 Å². The van der Waals surface area contributed by atoms with Crippen LogP contribution < -0.4 is 5.46 Å². The Labute approximate surface area is 80.5 Å². The Morgan fingerprint density at radius 1 is 1.29 bits per heavy atom. The molecule has 0 bridgehead atoms. The van der Waals surface area contributed by atoms with Gasteiger partial charge in [-0.2, -0.15) is 0 Å². The first-order valence-electron chi connectivity index (χ1n) is 4.21. The van der Waals surface area contributed by atoms with Gasteiger partial charge in [0.15, 0.2) is 0 Å². The van der Waals surface area contributed by atoms with Crippen molar-refractivity contribution in [2.75, 3.05) is 0 Å².